The number of rotatable bonds is 7. The van der Waals surface area contributed by atoms with Crippen molar-refractivity contribution in [1.82, 2.24) is 14.7 Å². The van der Waals surface area contributed by atoms with Crippen LogP contribution in [0.25, 0.3) is 0 Å². The van der Waals surface area contributed by atoms with Gasteiger partial charge in [0.1, 0.15) is 5.56 Å². The fourth-order valence-electron chi connectivity index (χ4n) is 2.24. The molecule has 6 nitrogen and oxygen atoms in total. The van der Waals surface area contributed by atoms with Crippen LogP contribution in [0.4, 0.5) is 0 Å². The quantitative estimate of drug-likeness (QED) is 0.798. The van der Waals surface area contributed by atoms with Gasteiger partial charge in [0.15, 0.2) is 0 Å². The van der Waals surface area contributed by atoms with Crippen molar-refractivity contribution >= 4 is 5.97 Å². The van der Waals surface area contributed by atoms with Gasteiger partial charge in [0, 0.05) is 26.7 Å². The van der Waals surface area contributed by atoms with Gasteiger partial charge in [0.25, 0.3) is 0 Å². The number of benzene rings is 1. The first-order chi connectivity index (χ1) is 10.1. The van der Waals surface area contributed by atoms with Crippen LogP contribution in [-0.4, -0.2) is 44.0 Å². The molecule has 1 aromatic carbocycles. The summed E-state index contributed by atoms with van der Waals surface area (Å²) in [4.78, 5) is 13.2. The summed E-state index contributed by atoms with van der Waals surface area (Å²) in [5.41, 5.74) is 1.95. The summed E-state index contributed by atoms with van der Waals surface area (Å²) in [6, 6.07) is 9.87. The summed E-state index contributed by atoms with van der Waals surface area (Å²) >= 11 is 0. The number of aryl methyl sites for hydroxylation is 1. The molecule has 0 unspecified atom stereocenters. The predicted molar refractivity (Wildman–Crippen MR) is 77.8 cm³/mol. The number of aliphatic hydroxyl groups is 1. The highest BCUT2D eigenvalue weighted by atomic mass is 16.4. The van der Waals surface area contributed by atoms with E-state index in [4.69, 9.17) is 0 Å². The Balaban J connectivity index is 2.16. The molecule has 0 fully saturated rings. The normalized spacial score (nSPS) is 11.0. The summed E-state index contributed by atoms with van der Waals surface area (Å²) < 4.78 is 1.57. The van der Waals surface area contributed by atoms with Crippen LogP contribution in [0.1, 0.15) is 21.6 Å². The molecule has 0 aliphatic rings. The van der Waals surface area contributed by atoms with E-state index in [1.807, 2.05) is 35.2 Å². The van der Waals surface area contributed by atoms with Crippen LogP contribution < -0.4 is 0 Å². The molecular weight excluding hydrogens is 270 g/mol. The number of hydrogen-bond acceptors (Lipinski definition) is 4. The molecule has 2 aromatic rings. The Morgan fingerprint density at radius 2 is 2.00 bits per heavy atom. The third-order valence-corrected chi connectivity index (χ3v) is 3.33. The standard InChI is InChI=1S/C15H19N3O3/c1-17-14(13(9-16-17)15(20)21)11-18(7-8-19)10-12-5-3-2-4-6-12/h2-6,9,19H,7-8,10-11H2,1H3,(H,20,21). The lowest BCUT2D eigenvalue weighted by Crippen LogP contribution is -2.28. The highest BCUT2D eigenvalue weighted by Gasteiger charge is 2.18. The van der Waals surface area contributed by atoms with Crippen molar-refractivity contribution in [3.05, 3.63) is 53.3 Å². The van der Waals surface area contributed by atoms with Gasteiger partial charge in [-0.2, -0.15) is 5.10 Å². The van der Waals surface area contributed by atoms with Crippen molar-refractivity contribution in [3.63, 3.8) is 0 Å². The number of carboxylic acids is 1. The van der Waals surface area contributed by atoms with E-state index in [0.717, 1.165) is 5.56 Å². The molecule has 0 aliphatic carbocycles. The average molecular weight is 289 g/mol. The van der Waals surface area contributed by atoms with Gasteiger partial charge < -0.3 is 10.2 Å². The number of aromatic nitrogens is 2. The number of hydrogen-bond donors (Lipinski definition) is 2. The molecule has 1 aromatic heterocycles. The van der Waals surface area contributed by atoms with E-state index in [-0.39, 0.29) is 12.2 Å². The topological polar surface area (TPSA) is 78.6 Å². The SMILES string of the molecule is Cn1ncc(C(=O)O)c1CN(CCO)Cc1ccccc1. The van der Waals surface area contributed by atoms with E-state index >= 15 is 0 Å². The summed E-state index contributed by atoms with van der Waals surface area (Å²) in [6.07, 6.45) is 1.36. The monoisotopic (exact) mass is 289 g/mol. The van der Waals surface area contributed by atoms with Gasteiger partial charge in [-0.25, -0.2) is 4.79 Å². The Bertz CT molecular complexity index is 595. The minimum atomic E-state index is -0.984. The van der Waals surface area contributed by atoms with E-state index in [9.17, 15) is 15.0 Å². The zero-order chi connectivity index (χ0) is 15.2. The Kier molecular flexibility index (Phi) is 5.08. The van der Waals surface area contributed by atoms with Crippen molar-refractivity contribution in [1.29, 1.82) is 0 Å². The van der Waals surface area contributed by atoms with Gasteiger partial charge in [0.05, 0.1) is 18.5 Å². The van der Waals surface area contributed by atoms with Gasteiger partial charge in [-0.1, -0.05) is 30.3 Å². The van der Waals surface area contributed by atoms with Crippen LogP contribution in [-0.2, 0) is 20.1 Å². The lowest BCUT2D eigenvalue weighted by Gasteiger charge is -2.21. The summed E-state index contributed by atoms with van der Waals surface area (Å²) in [6.45, 7) is 1.56. The minimum absolute atomic E-state index is 0.0209. The average Bonchev–Trinajstić information content (AvgIpc) is 2.82. The fourth-order valence-corrected chi connectivity index (χ4v) is 2.24. The van der Waals surface area contributed by atoms with Gasteiger partial charge >= 0.3 is 5.97 Å². The predicted octanol–water partition coefficient (Wildman–Crippen LogP) is 1.11. The summed E-state index contributed by atoms with van der Waals surface area (Å²) in [5, 5.41) is 22.4. The molecule has 112 valence electrons. The van der Waals surface area contributed by atoms with Crippen molar-refractivity contribution in [2.45, 2.75) is 13.1 Å². The Labute approximate surface area is 123 Å². The first kappa shape index (κ1) is 15.2. The van der Waals surface area contributed by atoms with E-state index in [0.29, 0.717) is 25.3 Å². The Morgan fingerprint density at radius 3 is 2.62 bits per heavy atom. The molecule has 0 bridgehead atoms. The largest absolute Gasteiger partial charge is 0.478 e. The van der Waals surface area contributed by atoms with E-state index < -0.39 is 5.97 Å². The zero-order valence-electron chi connectivity index (χ0n) is 11.9. The van der Waals surface area contributed by atoms with Crippen molar-refractivity contribution < 1.29 is 15.0 Å². The minimum Gasteiger partial charge on any atom is -0.478 e. The molecule has 0 saturated carbocycles. The van der Waals surface area contributed by atoms with Crippen molar-refractivity contribution in [3.8, 4) is 0 Å². The van der Waals surface area contributed by atoms with Crippen LogP contribution in [0, 0.1) is 0 Å². The maximum atomic E-state index is 11.2. The van der Waals surface area contributed by atoms with E-state index in [2.05, 4.69) is 5.10 Å². The molecule has 0 amide bonds. The lowest BCUT2D eigenvalue weighted by atomic mass is 10.2. The molecule has 2 N–H and O–H groups in total. The molecule has 2 rings (SSSR count). The molecule has 0 saturated heterocycles. The molecular formula is C15H19N3O3. The zero-order valence-corrected chi connectivity index (χ0v) is 11.9. The summed E-state index contributed by atoms with van der Waals surface area (Å²) in [5.74, 6) is -0.984. The molecule has 1 heterocycles. The Hall–Kier alpha value is -2.18. The molecule has 0 aliphatic heterocycles. The second kappa shape index (κ2) is 7.01. The fraction of sp³-hybridized carbons (Fsp3) is 0.333. The first-order valence-electron chi connectivity index (χ1n) is 6.73. The van der Waals surface area contributed by atoms with Gasteiger partial charge in [0.2, 0.25) is 0 Å². The van der Waals surface area contributed by atoms with Gasteiger partial charge in [-0.05, 0) is 5.56 Å². The lowest BCUT2D eigenvalue weighted by molar-refractivity contribution is 0.0694. The van der Waals surface area contributed by atoms with E-state index in [1.165, 1.54) is 6.20 Å². The second-order valence-corrected chi connectivity index (χ2v) is 4.85. The van der Waals surface area contributed by atoms with Crippen LogP contribution in [0.2, 0.25) is 0 Å². The van der Waals surface area contributed by atoms with E-state index in [1.54, 1.807) is 11.7 Å². The third kappa shape index (κ3) is 3.90. The number of carboxylic acid groups (broad SMARTS) is 1. The number of nitrogens with zero attached hydrogens (tertiary/aromatic N) is 3. The first-order valence-corrected chi connectivity index (χ1v) is 6.73. The maximum Gasteiger partial charge on any atom is 0.339 e. The van der Waals surface area contributed by atoms with Crippen molar-refractivity contribution in [2.24, 2.45) is 7.05 Å². The smallest absolute Gasteiger partial charge is 0.339 e. The summed E-state index contributed by atoms with van der Waals surface area (Å²) in [7, 11) is 1.72. The molecule has 0 spiro atoms. The van der Waals surface area contributed by atoms with Gasteiger partial charge in [-0.3, -0.25) is 9.58 Å². The van der Waals surface area contributed by atoms with Crippen LogP contribution in [0.15, 0.2) is 36.5 Å². The van der Waals surface area contributed by atoms with Crippen LogP contribution >= 0.6 is 0 Å². The third-order valence-electron chi connectivity index (χ3n) is 3.33. The molecule has 21 heavy (non-hydrogen) atoms. The number of aromatic carboxylic acids is 1. The number of aliphatic hydroxyl groups excluding tert-OH is 1. The maximum absolute atomic E-state index is 11.2. The molecule has 0 radical (unpaired) electrons. The van der Waals surface area contributed by atoms with Crippen LogP contribution in [0.3, 0.4) is 0 Å². The number of carbonyl (C=O) groups is 1. The van der Waals surface area contributed by atoms with Crippen molar-refractivity contribution in [2.75, 3.05) is 13.2 Å². The second-order valence-electron chi connectivity index (χ2n) is 4.85. The highest BCUT2D eigenvalue weighted by molar-refractivity contribution is 5.88. The molecule has 6 heteroatoms. The Morgan fingerprint density at radius 1 is 1.29 bits per heavy atom. The van der Waals surface area contributed by atoms with Crippen LogP contribution in [0.5, 0.6) is 0 Å². The molecule has 0 atom stereocenters. The van der Waals surface area contributed by atoms with Gasteiger partial charge in [-0.15, -0.1) is 0 Å². The highest BCUT2D eigenvalue weighted by Crippen LogP contribution is 2.13.